The smallest absolute Gasteiger partial charge is 0.341 e. The Labute approximate surface area is 206 Å². The Hall–Kier alpha value is -3.38. The predicted octanol–water partition coefficient (Wildman–Crippen LogP) is 4.13. The number of hydrogen-bond acceptors (Lipinski definition) is 7. The van der Waals surface area contributed by atoms with Crippen LogP contribution in [0.3, 0.4) is 0 Å². The quantitative estimate of drug-likeness (QED) is 0.445. The standard InChI is InChI=1S/C22H18BrFN2O7S/c1-2-32-16-8-12(7-15(23)20(16)33-11-19(28)29)9-17-21(30)26(22(31)34-17)10-18(27)25-14-5-3-13(24)4-6-14/h3-9H,2,10-11H2,1H3,(H,25,27)(H,28,29)/b17-9-. The molecule has 3 rings (SSSR count). The minimum Gasteiger partial charge on any atom is -0.490 e. The van der Waals surface area contributed by atoms with Crippen LogP contribution in [0.15, 0.2) is 45.8 Å². The van der Waals surface area contributed by atoms with Gasteiger partial charge in [-0.15, -0.1) is 0 Å². The van der Waals surface area contributed by atoms with E-state index in [2.05, 4.69) is 21.2 Å². The molecular weight excluding hydrogens is 535 g/mol. The van der Waals surface area contributed by atoms with Crippen molar-refractivity contribution in [1.82, 2.24) is 4.90 Å². The van der Waals surface area contributed by atoms with Crippen molar-refractivity contribution in [3.63, 3.8) is 0 Å². The summed E-state index contributed by atoms with van der Waals surface area (Å²) in [6.07, 6.45) is 1.46. The Morgan fingerprint density at radius 3 is 2.56 bits per heavy atom. The highest BCUT2D eigenvalue weighted by molar-refractivity contribution is 9.10. The summed E-state index contributed by atoms with van der Waals surface area (Å²) in [6.45, 7) is 0.940. The van der Waals surface area contributed by atoms with Crippen LogP contribution in [-0.2, 0) is 14.4 Å². The Kier molecular flexibility index (Phi) is 8.29. The van der Waals surface area contributed by atoms with E-state index in [0.29, 0.717) is 27.5 Å². The highest BCUT2D eigenvalue weighted by Gasteiger charge is 2.36. The normalized spacial score (nSPS) is 14.4. The van der Waals surface area contributed by atoms with Crippen molar-refractivity contribution in [2.24, 2.45) is 0 Å². The molecule has 0 spiro atoms. The van der Waals surface area contributed by atoms with Gasteiger partial charge < -0.3 is 19.9 Å². The number of carbonyl (C=O) groups excluding carboxylic acids is 3. The van der Waals surface area contributed by atoms with E-state index in [9.17, 15) is 23.6 Å². The summed E-state index contributed by atoms with van der Waals surface area (Å²) in [6, 6.07) is 8.18. The molecule has 1 fully saturated rings. The van der Waals surface area contributed by atoms with E-state index in [0.717, 1.165) is 4.90 Å². The number of nitrogens with one attached hydrogen (secondary N) is 1. The van der Waals surface area contributed by atoms with Crippen molar-refractivity contribution in [3.05, 3.63) is 57.2 Å². The summed E-state index contributed by atoms with van der Waals surface area (Å²) in [5.74, 6) is -2.44. The molecular formula is C22H18BrFN2O7S. The van der Waals surface area contributed by atoms with E-state index in [1.165, 1.54) is 30.3 Å². The summed E-state index contributed by atoms with van der Waals surface area (Å²) in [5.41, 5.74) is 0.812. The summed E-state index contributed by atoms with van der Waals surface area (Å²) < 4.78 is 24.2. The Morgan fingerprint density at radius 1 is 1.21 bits per heavy atom. The topological polar surface area (TPSA) is 122 Å². The lowest BCUT2D eigenvalue weighted by molar-refractivity contribution is -0.139. The molecule has 2 aromatic carbocycles. The summed E-state index contributed by atoms with van der Waals surface area (Å²) in [7, 11) is 0. The molecule has 0 unspecified atom stereocenters. The molecule has 1 saturated heterocycles. The van der Waals surface area contributed by atoms with Crippen molar-refractivity contribution in [2.75, 3.05) is 25.1 Å². The van der Waals surface area contributed by atoms with Gasteiger partial charge in [-0.05, 0) is 82.7 Å². The number of carbonyl (C=O) groups is 4. The first-order chi connectivity index (χ1) is 16.2. The Morgan fingerprint density at radius 2 is 1.91 bits per heavy atom. The number of rotatable bonds is 9. The van der Waals surface area contributed by atoms with E-state index in [1.807, 2.05) is 0 Å². The molecule has 1 heterocycles. The molecule has 0 aliphatic carbocycles. The Balaban J connectivity index is 1.76. The number of amides is 3. The first-order valence-electron chi connectivity index (χ1n) is 9.79. The number of ether oxygens (including phenoxy) is 2. The maximum atomic E-state index is 13.0. The minimum atomic E-state index is -1.16. The van der Waals surface area contributed by atoms with Gasteiger partial charge in [0.25, 0.3) is 11.1 Å². The monoisotopic (exact) mass is 552 g/mol. The van der Waals surface area contributed by atoms with Crippen LogP contribution in [0.25, 0.3) is 6.08 Å². The Bertz CT molecular complexity index is 1170. The van der Waals surface area contributed by atoms with Gasteiger partial charge in [-0.25, -0.2) is 9.18 Å². The van der Waals surface area contributed by atoms with Gasteiger partial charge in [0.15, 0.2) is 18.1 Å². The second kappa shape index (κ2) is 11.2. The van der Waals surface area contributed by atoms with Crippen LogP contribution in [0.2, 0.25) is 0 Å². The van der Waals surface area contributed by atoms with Gasteiger partial charge in [-0.3, -0.25) is 19.3 Å². The number of carboxylic acid groups (broad SMARTS) is 1. The number of anilines is 1. The van der Waals surface area contributed by atoms with E-state index in [1.54, 1.807) is 19.1 Å². The van der Waals surface area contributed by atoms with Crippen molar-refractivity contribution in [3.8, 4) is 11.5 Å². The van der Waals surface area contributed by atoms with Gasteiger partial charge in [-0.1, -0.05) is 0 Å². The number of carboxylic acids is 1. The molecule has 0 aromatic heterocycles. The van der Waals surface area contributed by atoms with E-state index in [4.69, 9.17) is 14.6 Å². The van der Waals surface area contributed by atoms with Gasteiger partial charge >= 0.3 is 5.97 Å². The van der Waals surface area contributed by atoms with Crippen LogP contribution in [0, 0.1) is 5.82 Å². The van der Waals surface area contributed by atoms with E-state index >= 15 is 0 Å². The van der Waals surface area contributed by atoms with E-state index < -0.39 is 42.0 Å². The lowest BCUT2D eigenvalue weighted by atomic mass is 10.2. The molecule has 3 amide bonds. The molecule has 1 aliphatic heterocycles. The third kappa shape index (κ3) is 6.35. The van der Waals surface area contributed by atoms with E-state index in [-0.39, 0.29) is 23.0 Å². The van der Waals surface area contributed by atoms with Crippen molar-refractivity contribution < 1.29 is 38.1 Å². The van der Waals surface area contributed by atoms with Crippen molar-refractivity contribution in [1.29, 1.82) is 0 Å². The molecule has 2 aromatic rings. The van der Waals surface area contributed by atoms with Crippen molar-refractivity contribution >= 4 is 62.5 Å². The molecule has 0 radical (unpaired) electrons. The minimum absolute atomic E-state index is 0.0909. The fraction of sp³-hybridized carbons (Fsp3) is 0.182. The van der Waals surface area contributed by atoms with Crippen LogP contribution < -0.4 is 14.8 Å². The lowest BCUT2D eigenvalue weighted by Gasteiger charge is -2.14. The number of imide groups is 1. The number of thioether (sulfide) groups is 1. The first-order valence-corrected chi connectivity index (χ1v) is 11.4. The SMILES string of the molecule is CCOc1cc(/C=C2\SC(=O)N(CC(=O)Nc3ccc(F)cc3)C2=O)cc(Br)c1OCC(=O)O. The molecule has 0 atom stereocenters. The predicted molar refractivity (Wildman–Crippen MR) is 126 cm³/mol. The zero-order chi connectivity index (χ0) is 24.8. The molecule has 1 aliphatic rings. The molecule has 9 nitrogen and oxygen atoms in total. The molecule has 34 heavy (non-hydrogen) atoms. The third-order valence-electron chi connectivity index (χ3n) is 4.27. The number of halogens is 2. The maximum absolute atomic E-state index is 13.0. The largest absolute Gasteiger partial charge is 0.490 e. The second-order valence-corrected chi connectivity index (χ2v) is 8.62. The first kappa shape index (κ1) is 25.2. The van der Waals surface area contributed by atoms with Gasteiger partial charge in [0.1, 0.15) is 12.4 Å². The van der Waals surface area contributed by atoms with Gasteiger partial charge in [0.2, 0.25) is 5.91 Å². The molecule has 0 bridgehead atoms. The fourth-order valence-corrected chi connectivity index (χ4v) is 4.29. The lowest BCUT2D eigenvalue weighted by Crippen LogP contribution is -2.36. The van der Waals surface area contributed by atoms with Crippen LogP contribution >= 0.6 is 27.7 Å². The van der Waals surface area contributed by atoms with Crippen LogP contribution in [0.1, 0.15) is 12.5 Å². The van der Waals surface area contributed by atoms with Crippen LogP contribution in [0.5, 0.6) is 11.5 Å². The molecule has 2 N–H and O–H groups in total. The zero-order valence-electron chi connectivity index (χ0n) is 17.7. The number of hydrogen-bond donors (Lipinski definition) is 2. The van der Waals surface area contributed by atoms with Crippen LogP contribution in [0.4, 0.5) is 14.9 Å². The molecule has 178 valence electrons. The number of benzene rings is 2. The van der Waals surface area contributed by atoms with Gasteiger partial charge in [-0.2, -0.15) is 0 Å². The maximum Gasteiger partial charge on any atom is 0.341 e. The number of aliphatic carboxylic acids is 1. The van der Waals surface area contributed by atoms with Crippen LogP contribution in [-0.4, -0.2) is 52.8 Å². The third-order valence-corrected chi connectivity index (χ3v) is 5.77. The highest BCUT2D eigenvalue weighted by atomic mass is 79.9. The second-order valence-electron chi connectivity index (χ2n) is 6.77. The number of nitrogens with zero attached hydrogens (tertiary/aromatic N) is 1. The fourth-order valence-electron chi connectivity index (χ4n) is 2.87. The van der Waals surface area contributed by atoms with Gasteiger partial charge in [0.05, 0.1) is 16.0 Å². The van der Waals surface area contributed by atoms with Gasteiger partial charge in [0, 0.05) is 5.69 Å². The highest BCUT2D eigenvalue weighted by Crippen LogP contribution is 2.39. The molecule has 12 heteroatoms. The summed E-state index contributed by atoms with van der Waals surface area (Å²) in [4.78, 5) is 49.1. The average Bonchev–Trinajstić information content (AvgIpc) is 3.02. The summed E-state index contributed by atoms with van der Waals surface area (Å²) in [5, 5.41) is 10.7. The average molecular weight is 553 g/mol. The molecule has 0 saturated carbocycles. The zero-order valence-corrected chi connectivity index (χ0v) is 20.1. The van der Waals surface area contributed by atoms with Crippen molar-refractivity contribution in [2.45, 2.75) is 6.92 Å². The summed E-state index contributed by atoms with van der Waals surface area (Å²) >= 11 is 3.98.